The Morgan fingerprint density at radius 1 is 1.00 bits per heavy atom. The lowest BCUT2D eigenvalue weighted by atomic mass is 10.1. The molecule has 0 saturated carbocycles. The van der Waals surface area contributed by atoms with Crippen LogP contribution in [-0.2, 0) is 9.53 Å². The summed E-state index contributed by atoms with van der Waals surface area (Å²) in [6.45, 7) is 1.72. The first-order chi connectivity index (χ1) is 9.20. The Morgan fingerprint density at radius 2 is 1.58 bits per heavy atom. The zero-order valence-electron chi connectivity index (χ0n) is 11.1. The fourth-order valence-corrected chi connectivity index (χ4v) is 1.73. The number of methoxy groups -OCH3 is 1. The third-order valence-electron chi connectivity index (χ3n) is 2.98. The molecule has 1 N–H and O–H groups in total. The van der Waals surface area contributed by atoms with E-state index in [0.717, 1.165) is 16.8 Å². The highest BCUT2D eigenvalue weighted by molar-refractivity contribution is 5.94. The average molecular weight is 255 g/mol. The Balaban J connectivity index is 2.09. The molecule has 1 amide bonds. The van der Waals surface area contributed by atoms with Crippen LogP contribution in [0.15, 0.2) is 54.6 Å². The smallest absolute Gasteiger partial charge is 0.253 e. The van der Waals surface area contributed by atoms with Crippen molar-refractivity contribution in [1.29, 1.82) is 0 Å². The van der Waals surface area contributed by atoms with Crippen LogP contribution in [0.4, 0.5) is 5.69 Å². The van der Waals surface area contributed by atoms with E-state index in [9.17, 15) is 4.79 Å². The molecule has 0 aliphatic heterocycles. The second-order valence-corrected chi connectivity index (χ2v) is 4.31. The largest absolute Gasteiger partial charge is 0.372 e. The zero-order valence-corrected chi connectivity index (χ0v) is 11.1. The van der Waals surface area contributed by atoms with Gasteiger partial charge in [0.25, 0.3) is 5.91 Å². The minimum absolute atomic E-state index is 0.144. The van der Waals surface area contributed by atoms with Crippen molar-refractivity contribution in [3.05, 3.63) is 54.6 Å². The van der Waals surface area contributed by atoms with Gasteiger partial charge in [0.1, 0.15) is 6.10 Å². The lowest BCUT2D eigenvalue weighted by Crippen LogP contribution is -2.26. The molecule has 0 aliphatic carbocycles. The van der Waals surface area contributed by atoms with Crippen molar-refractivity contribution in [3.8, 4) is 11.1 Å². The summed E-state index contributed by atoms with van der Waals surface area (Å²) < 4.78 is 4.97. The van der Waals surface area contributed by atoms with Gasteiger partial charge >= 0.3 is 0 Å². The van der Waals surface area contributed by atoms with Crippen molar-refractivity contribution < 1.29 is 9.53 Å². The first-order valence-electron chi connectivity index (χ1n) is 6.20. The van der Waals surface area contributed by atoms with Crippen LogP contribution >= 0.6 is 0 Å². The molecular formula is C16H17NO2. The maximum absolute atomic E-state index is 11.7. The minimum Gasteiger partial charge on any atom is -0.372 e. The predicted molar refractivity (Wildman–Crippen MR) is 77.0 cm³/mol. The molecule has 2 aromatic rings. The summed E-state index contributed by atoms with van der Waals surface area (Å²) in [6.07, 6.45) is -0.450. The van der Waals surface area contributed by atoms with Crippen LogP contribution < -0.4 is 5.32 Å². The van der Waals surface area contributed by atoms with Gasteiger partial charge in [-0.15, -0.1) is 0 Å². The topological polar surface area (TPSA) is 38.3 Å². The van der Waals surface area contributed by atoms with Gasteiger partial charge in [-0.1, -0.05) is 42.5 Å². The number of carbonyl (C=O) groups excluding carboxylic acids is 1. The van der Waals surface area contributed by atoms with E-state index in [1.807, 2.05) is 42.5 Å². The second kappa shape index (κ2) is 6.16. The van der Waals surface area contributed by atoms with E-state index < -0.39 is 6.10 Å². The normalized spacial score (nSPS) is 11.9. The highest BCUT2D eigenvalue weighted by Crippen LogP contribution is 2.21. The molecule has 0 aliphatic rings. The second-order valence-electron chi connectivity index (χ2n) is 4.31. The van der Waals surface area contributed by atoms with E-state index in [1.165, 1.54) is 7.11 Å². The van der Waals surface area contributed by atoms with Crippen LogP contribution in [0.5, 0.6) is 0 Å². The molecule has 1 unspecified atom stereocenters. The fraction of sp³-hybridized carbons (Fsp3) is 0.188. The zero-order chi connectivity index (χ0) is 13.7. The number of carbonyl (C=O) groups is 1. The van der Waals surface area contributed by atoms with E-state index in [4.69, 9.17) is 4.74 Å². The summed E-state index contributed by atoms with van der Waals surface area (Å²) in [4.78, 5) is 11.7. The van der Waals surface area contributed by atoms with Crippen LogP contribution in [0.1, 0.15) is 6.92 Å². The summed E-state index contributed by atoms with van der Waals surface area (Å²) in [6, 6.07) is 17.9. The summed E-state index contributed by atoms with van der Waals surface area (Å²) >= 11 is 0. The lowest BCUT2D eigenvalue weighted by molar-refractivity contribution is -0.124. The number of anilines is 1. The Hall–Kier alpha value is -2.13. The third kappa shape index (κ3) is 3.42. The average Bonchev–Trinajstić information content (AvgIpc) is 2.48. The van der Waals surface area contributed by atoms with E-state index in [-0.39, 0.29) is 5.91 Å². The minimum atomic E-state index is -0.450. The van der Waals surface area contributed by atoms with Gasteiger partial charge in [-0.05, 0) is 30.2 Å². The SMILES string of the molecule is COC(C)C(=O)Nc1ccc(-c2ccccc2)cc1. The number of ether oxygens (including phenoxy) is 1. The number of nitrogens with one attached hydrogen (secondary N) is 1. The molecule has 0 spiro atoms. The molecule has 2 aromatic carbocycles. The molecule has 98 valence electrons. The van der Waals surface area contributed by atoms with Gasteiger partial charge in [0.2, 0.25) is 0 Å². The van der Waals surface area contributed by atoms with Crippen molar-refractivity contribution in [1.82, 2.24) is 0 Å². The fourth-order valence-electron chi connectivity index (χ4n) is 1.73. The monoisotopic (exact) mass is 255 g/mol. The first-order valence-corrected chi connectivity index (χ1v) is 6.20. The van der Waals surface area contributed by atoms with Gasteiger partial charge in [-0.25, -0.2) is 0 Å². The molecular weight excluding hydrogens is 238 g/mol. The predicted octanol–water partition coefficient (Wildman–Crippen LogP) is 3.33. The number of amides is 1. The molecule has 0 fully saturated rings. The van der Waals surface area contributed by atoms with Crippen LogP contribution in [0.2, 0.25) is 0 Å². The Kier molecular flexibility index (Phi) is 4.31. The Morgan fingerprint density at radius 3 is 2.16 bits per heavy atom. The van der Waals surface area contributed by atoms with Crippen molar-refractivity contribution in [2.24, 2.45) is 0 Å². The molecule has 0 aromatic heterocycles. The summed E-state index contributed by atoms with van der Waals surface area (Å²) in [5.74, 6) is -0.144. The van der Waals surface area contributed by atoms with Crippen molar-refractivity contribution >= 4 is 11.6 Å². The maximum Gasteiger partial charge on any atom is 0.253 e. The molecule has 1 atom stereocenters. The maximum atomic E-state index is 11.7. The van der Waals surface area contributed by atoms with Crippen molar-refractivity contribution in [2.45, 2.75) is 13.0 Å². The van der Waals surface area contributed by atoms with Gasteiger partial charge in [-0.3, -0.25) is 4.79 Å². The number of hydrogen-bond donors (Lipinski definition) is 1. The molecule has 0 radical (unpaired) electrons. The van der Waals surface area contributed by atoms with Gasteiger partial charge in [-0.2, -0.15) is 0 Å². The molecule has 3 heteroatoms. The molecule has 2 rings (SSSR count). The van der Waals surface area contributed by atoms with E-state index in [0.29, 0.717) is 0 Å². The molecule has 0 bridgehead atoms. The number of benzene rings is 2. The summed E-state index contributed by atoms with van der Waals surface area (Å²) in [7, 11) is 1.52. The van der Waals surface area contributed by atoms with Gasteiger partial charge < -0.3 is 10.1 Å². The van der Waals surface area contributed by atoms with E-state index in [1.54, 1.807) is 6.92 Å². The van der Waals surface area contributed by atoms with Crippen LogP contribution in [0, 0.1) is 0 Å². The number of rotatable bonds is 4. The van der Waals surface area contributed by atoms with Crippen molar-refractivity contribution in [2.75, 3.05) is 12.4 Å². The standard InChI is InChI=1S/C16H17NO2/c1-12(19-2)16(18)17-15-10-8-14(9-11-15)13-6-4-3-5-7-13/h3-12H,1-2H3,(H,17,18). The number of hydrogen-bond acceptors (Lipinski definition) is 2. The van der Waals surface area contributed by atoms with Gasteiger partial charge in [0.05, 0.1) is 0 Å². The highest BCUT2D eigenvalue weighted by atomic mass is 16.5. The lowest BCUT2D eigenvalue weighted by Gasteiger charge is -2.10. The van der Waals surface area contributed by atoms with Gasteiger partial charge in [0, 0.05) is 12.8 Å². The van der Waals surface area contributed by atoms with E-state index >= 15 is 0 Å². The molecule has 0 heterocycles. The summed E-state index contributed by atoms with van der Waals surface area (Å²) in [5, 5.41) is 2.81. The Bertz CT molecular complexity index is 534. The van der Waals surface area contributed by atoms with Crippen LogP contribution in [0.25, 0.3) is 11.1 Å². The molecule has 19 heavy (non-hydrogen) atoms. The van der Waals surface area contributed by atoms with Crippen molar-refractivity contribution in [3.63, 3.8) is 0 Å². The molecule has 3 nitrogen and oxygen atoms in total. The van der Waals surface area contributed by atoms with Crippen LogP contribution in [0.3, 0.4) is 0 Å². The third-order valence-corrected chi connectivity index (χ3v) is 2.98. The first kappa shape index (κ1) is 13.3. The highest BCUT2D eigenvalue weighted by Gasteiger charge is 2.11. The molecule has 0 saturated heterocycles. The Labute approximate surface area is 113 Å². The van der Waals surface area contributed by atoms with Crippen LogP contribution in [-0.4, -0.2) is 19.1 Å². The van der Waals surface area contributed by atoms with E-state index in [2.05, 4.69) is 17.4 Å². The summed E-state index contributed by atoms with van der Waals surface area (Å²) in [5.41, 5.74) is 3.05. The van der Waals surface area contributed by atoms with Gasteiger partial charge in [0.15, 0.2) is 0 Å². The quantitative estimate of drug-likeness (QED) is 0.910.